The highest BCUT2D eigenvalue weighted by atomic mass is 32.1. The molecule has 138 valence electrons. The van der Waals surface area contributed by atoms with Crippen molar-refractivity contribution in [2.75, 3.05) is 18.5 Å². The summed E-state index contributed by atoms with van der Waals surface area (Å²) >= 11 is 1.66. The topological polar surface area (TPSA) is 84.3 Å². The Morgan fingerprint density at radius 1 is 1.37 bits per heavy atom. The van der Waals surface area contributed by atoms with Gasteiger partial charge in [0.15, 0.2) is 0 Å². The molecule has 1 aliphatic rings. The van der Waals surface area contributed by atoms with Crippen LogP contribution in [0.2, 0.25) is 0 Å². The lowest BCUT2D eigenvalue weighted by Gasteiger charge is -2.27. The van der Waals surface area contributed by atoms with Gasteiger partial charge >= 0.3 is 5.97 Å². The first-order valence-corrected chi connectivity index (χ1v) is 9.54. The maximum Gasteiger partial charge on any atom is 0.337 e. The van der Waals surface area contributed by atoms with Crippen molar-refractivity contribution in [2.45, 2.75) is 19.3 Å². The second kappa shape index (κ2) is 7.36. The highest BCUT2D eigenvalue weighted by Gasteiger charge is 2.23. The summed E-state index contributed by atoms with van der Waals surface area (Å²) in [7, 11) is 0. The van der Waals surface area contributed by atoms with Crippen molar-refractivity contribution in [1.82, 2.24) is 9.97 Å². The van der Waals surface area contributed by atoms with E-state index in [0.29, 0.717) is 18.8 Å². The number of carbonyl (C=O) groups is 1. The SMILES string of the molecule is Cc1ncc(-c2ccc3c(c2)OCCC3CNc2cnccc2C(=O)O)s1. The second-order valence-electron chi connectivity index (χ2n) is 6.44. The van der Waals surface area contributed by atoms with Gasteiger partial charge in [-0.3, -0.25) is 4.98 Å². The number of nitrogens with one attached hydrogen (secondary N) is 1. The number of nitrogens with zero attached hydrogens (tertiary/aromatic N) is 2. The number of ether oxygens (including phenoxy) is 1. The van der Waals surface area contributed by atoms with Crippen LogP contribution >= 0.6 is 11.3 Å². The summed E-state index contributed by atoms with van der Waals surface area (Å²) in [6.45, 7) is 3.26. The lowest BCUT2D eigenvalue weighted by Crippen LogP contribution is -2.21. The number of hydrogen-bond acceptors (Lipinski definition) is 6. The smallest absolute Gasteiger partial charge is 0.337 e. The fourth-order valence-electron chi connectivity index (χ4n) is 3.28. The molecule has 2 N–H and O–H groups in total. The van der Waals surface area contributed by atoms with Gasteiger partial charge in [-0.05, 0) is 36.6 Å². The summed E-state index contributed by atoms with van der Waals surface area (Å²) in [6.07, 6.45) is 5.81. The summed E-state index contributed by atoms with van der Waals surface area (Å²) in [6, 6.07) is 7.78. The minimum Gasteiger partial charge on any atom is -0.493 e. The number of aryl methyl sites for hydroxylation is 1. The number of aromatic carboxylic acids is 1. The summed E-state index contributed by atoms with van der Waals surface area (Å²) in [5, 5.41) is 13.6. The van der Waals surface area contributed by atoms with E-state index in [1.165, 1.54) is 12.3 Å². The summed E-state index contributed by atoms with van der Waals surface area (Å²) in [5.74, 6) is 0.172. The molecular formula is C20H19N3O3S. The number of anilines is 1. The van der Waals surface area contributed by atoms with Gasteiger partial charge in [0, 0.05) is 24.9 Å². The number of pyridine rings is 1. The zero-order valence-electron chi connectivity index (χ0n) is 14.8. The Kier molecular flexibility index (Phi) is 4.77. The molecular weight excluding hydrogens is 362 g/mol. The molecule has 0 fully saturated rings. The maximum absolute atomic E-state index is 11.4. The molecule has 0 radical (unpaired) electrons. The minimum absolute atomic E-state index is 0.230. The van der Waals surface area contributed by atoms with E-state index in [1.807, 2.05) is 13.1 Å². The molecule has 6 nitrogen and oxygen atoms in total. The summed E-state index contributed by atoms with van der Waals surface area (Å²) in [5.41, 5.74) is 3.01. The number of thiazole rings is 1. The average molecular weight is 381 g/mol. The number of carboxylic acid groups (broad SMARTS) is 1. The largest absolute Gasteiger partial charge is 0.493 e. The van der Waals surface area contributed by atoms with Crippen LogP contribution in [-0.2, 0) is 0 Å². The Balaban J connectivity index is 1.54. The first-order valence-electron chi connectivity index (χ1n) is 8.72. The maximum atomic E-state index is 11.4. The molecule has 3 heterocycles. The standard InChI is InChI=1S/C20H19N3O3S/c1-12-22-11-19(27-12)13-2-3-15-14(5-7-26-18(15)8-13)9-23-17-10-21-6-4-16(17)20(24)25/h2-4,6,8,10-11,14,23H,5,7,9H2,1H3,(H,24,25). The lowest BCUT2D eigenvalue weighted by atomic mass is 9.92. The Morgan fingerprint density at radius 2 is 2.26 bits per heavy atom. The number of hydrogen-bond donors (Lipinski definition) is 2. The van der Waals surface area contributed by atoms with Gasteiger partial charge in [0.1, 0.15) is 5.75 Å². The van der Waals surface area contributed by atoms with E-state index < -0.39 is 5.97 Å². The fourth-order valence-corrected chi connectivity index (χ4v) is 4.05. The van der Waals surface area contributed by atoms with E-state index in [2.05, 4.69) is 33.5 Å². The van der Waals surface area contributed by atoms with Crippen LogP contribution in [0.15, 0.2) is 42.9 Å². The third-order valence-corrected chi connectivity index (χ3v) is 5.64. The van der Waals surface area contributed by atoms with Crippen molar-refractivity contribution in [2.24, 2.45) is 0 Å². The highest BCUT2D eigenvalue weighted by Crippen LogP contribution is 2.38. The Hall–Kier alpha value is -2.93. The zero-order valence-corrected chi connectivity index (χ0v) is 15.6. The molecule has 0 bridgehead atoms. The summed E-state index contributed by atoms with van der Waals surface area (Å²) < 4.78 is 5.89. The monoisotopic (exact) mass is 381 g/mol. The molecule has 4 rings (SSSR count). The zero-order chi connectivity index (χ0) is 18.8. The minimum atomic E-state index is -0.961. The van der Waals surface area contributed by atoms with Crippen molar-refractivity contribution in [1.29, 1.82) is 0 Å². The van der Waals surface area contributed by atoms with Crippen LogP contribution in [0.5, 0.6) is 5.75 Å². The third-order valence-electron chi connectivity index (χ3n) is 4.67. The van der Waals surface area contributed by atoms with E-state index in [4.69, 9.17) is 4.74 Å². The second-order valence-corrected chi connectivity index (χ2v) is 7.67. The van der Waals surface area contributed by atoms with Gasteiger partial charge in [-0.15, -0.1) is 11.3 Å². The van der Waals surface area contributed by atoms with Gasteiger partial charge in [0.25, 0.3) is 0 Å². The van der Waals surface area contributed by atoms with Gasteiger partial charge in [-0.25, -0.2) is 9.78 Å². The molecule has 0 saturated carbocycles. The van der Waals surface area contributed by atoms with Crippen molar-refractivity contribution in [3.8, 4) is 16.2 Å². The number of fused-ring (bicyclic) bond motifs is 1. The fraction of sp³-hybridized carbons (Fsp3) is 0.250. The van der Waals surface area contributed by atoms with Gasteiger partial charge in [0.2, 0.25) is 0 Å². The number of benzene rings is 1. The van der Waals surface area contributed by atoms with Crippen LogP contribution in [0, 0.1) is 6.92 Å². The Morgan fingerprint density at radius 3 is 3.04 bits per heavy atom. The Labute approximate surface area is 160 Å². The predicted octanol–water partition coefficient (Wildman–Crippen LogP) is 4.19. The molecule has 3 aromatic rings. The van der Waals surface area contributed by atoms with Crippen molar-refractivity contribution in [3.63, 3.8) is 0 Å². The van der Waals surface area contributed by atoms with Crippen molar-refractivity contribution >= 4 is 23.0 Å². The third kappa shape index (κ3) is 3.64. The quantitative estimate of drug-likeness (QED) is 0.689. The van der Waals surface area contributed by atoms with Gasteiger partial charge in [-0.1, -0.05) is 12.1 Å². The van der Waals surface area contributed by atoms with E-state index in [9.17, 15) is 9.90 Å². The molecule has 1 atom stereocenters. The molecule has 0 amide bonds. The highest BCUT2D eigenvalue weighted by molar-refractivity contribution is 7.15. The first-order chi connectivity index (χ1) is 13.1. The molecule has 7 heteroatoms. The Bertz CT molecular complexity index is 986. The van der Waals surface area contributed by atoms with Crippen LogP contribution in [-0.4, -0.2) is 34.2 Å². The van der Waals surface area contributed by atoms with Crippen LogP contribution in [0.25, 0.3) is 10.4 Å². The van der Waals surface area contributed by atoms with E-state index >= 15 is 0 Å². The molecule has 1 aromatic carbocycles. The molecule has 1 aliphatic heterocycles. The van der Waals surface area contributed by atoms with Gasteiger partial charge in [0.05, 0.1) is 33.9 Å². The molecule has 0 saturated heterocycles. The van der Waals surface area contributed by atoms with Gasteiger partial charge in [-0.2, -0.15) is 0 Å². The molecule has 2 aromatic heterocycles. The number of carboxylic acids is 1. The summed E-state index contributed by atoms with van der Waals surface area (Å²) in [4.78, 5) is 20.8. The average Bonchev–Trinajstić information content (AvgIpc) is 3.12. The van der Waals surface area contributed by atoms with Crippen LogP contribution in [0.1, 0.15) is 33.3 Å². The van der Waals surface area contributed by atoms with Crippen LogP contribution < -0.4 is 10.1 Å². The predicted molar refractivity (Wildman–Crippen MR) is 105 cm³/mol. The van der Waals surface area contributed by atoms with Gasteiger partial charge < -0.3 is 15.2 Å². The molecule has 1 unspecified atom stereocenters. The molecule has 0 spiro atoms. The number of aromatic nitrogens is 2. The first kappa shape index (κ1) is 17.5. The number of rotatable bonds is 5. The van der Waals surface area contributed by atoms with Crippen molar-refractivity contribution < 1.29 is 14.6 Å². The van der Waals surface area contributed by atoms with E-state index in [1.54, 1.807) is 17.5 Å². The van der Waals surface area contributed by atoms with E-state index in [0.717, 1.165) is 33.2 Å². The van der Waals surface area contributed by atoms with Crippen molar-refractivity contribution in [3.05, 3.63) is 59.0 Å². The van der Waals surface area contributed by atoms with E-state index in [-0.39, 0.29) is 11.5 Å². The lowest BCUT2D eigenvalue weighted by molar-refractivity contribution is 0.0697. The van der Waals surface area contributed by atoms with Crippen LogP contribution in [0.4, 0.5) is 5.69 Å². The molecule has 27 heavy (non-hydrogen) atoms. The van der Waals surface area contributed by atoms with Crippen LogP contribution in [0.3, 0.4) is 0 Å². The normalized spacial score (nSPS) is 15.7. The molecule has 0 aliphatic carbocycles.